The van der Waals surface area contributed by atoms with Crippen molar-refractivity contribution in [3.8, 4) is 0 Å². The molecule has 3 rings (SSSR count). The molecule has 1 saturated heterocycles. The van der Waals surface area contributed by atoms with Gasteiger partial charge in [0.05, 0.1) is 4.92 Å². The van der Waals surface area contributed by atoms with Crippen LogP contribution in [0.5, 0.6) is 0 Å². The van der Waals surface area contributed by atoms with E-state index in [1.807, 2.05) is 6.92 Å². The Bertz CT molecular complexity index is 868. The van der Waals surface area contributed by atoms with Crippen molar-refractivity contribution >= 4 is 29.2 Å². The van der Waals surface area contributed by atoms with E-state index < -0.39 is 34.9 Å². The molecule has 2 N–H and O–H groups in total. The van der Waals surface area contributed by atoms with Crippen LogP contribution in [-0.4, -0.2) is 39.8 Å². The number of carbonyl (C=O) groups is 3. The van der Waals surface area contributed by atoms with E-state index in [9.17, 15) is 24.5 Å². The van der Waals surface area contributed by atoms with Crippen LogP contribution in [0, 0.1) is 29.9 Å². The molecule has 1 aliphatic carbocycles. The summed E-state index contributed by atoms with van der Waals surface area (Å²) in [5.41, 5.74) is 0.262. The Balaban J connectivity index is 1.79. The van der Waals surface area contributed by atoms with E-state index in [1.165, 1.54) is 6.07 Å². The Morgan fingerprint density at radius 1 is 1.36 bits per heavy atom. The SMILES string of the molecule is Cc1ccc([N+](=O)[O-])c(NC(=O)CN2C(=O)N[C@@]3(CCCC[C@H]3C)C2=O)c1C. The first-order chi connectivity index (χ1) is 13.2. The first-order valence-corrected chi connectivity index (χ1v) is 9.36. The molecule has 1 spiro atoms. The second-order valence-electron chi connectivity index (χ2n) is 7.65. The van der Waals surface area contributed by atoms with Crippen LogP contribution in [0.4, 0.5) is 16.2 Å². The number of hydrogen-bond donors (Lipinski definition) is 2. The Labute approximate surface area is 162 Å². The van der Waals surface area contributed by atoms with Gasteiger partial charge in [-0.1, -0.05) is 25.8 Å². The van der Waals surface area contributed by atoms with Gasteiger partial charge in [0.25, 0.3) is 11.6 Å². The molecule has 1 heterocycles. The Hall–Kier alpha value is -2.97. The van der Waals surface area contributed by atoms with E-state index in [0.29, 0.717) is 12.0 Å². The molecule has 28 heavy (non-hydrogen) atoms. The van der Waals surface area contributed by atoms with Gasteiger partial charge in [-0.2, -0.15) is 0 Å². The van der Waals surface area contributed by atoms with Gasteiger partial charge in [0.15, 0.2) is 0 Å². The minimum Gasteiger partial charge on any atom is -0.323 e. The summed E-state index contributed by atoms with van der Waals surface area (Å²) in [6, 6.07) is 2.34. The molecule has 0 bridgehead atoms. The molecule has 0 radical (unpaired) electrons. The lowest BCUT2D eigenvalue weighted by molar-refractivity contribution is -0.384. The van der Waals surface area contributed by atoms with E-state index in [1.54, 1.807) is 19.9 Å². The zero-order chi connectivity index (χ0) is 20.6. The van der Waals surface area contributed by atoms with Gasteiger partial charge in [0, 0.05) is 6.07 Å². The minimum atomic E-state index is -0.944. The maximum atomic E-state index is 12.9. The second-order valence-corrected chi connectivity index (χ2v) is 7.65. The summed E-state index contributed by atoms with van der Waals surface area (Å²) < 4.78 is 0. The van der Waals surface area contributed by atoms with Crippen molar-refractivity contribution in [2.24, 2.45) is 5.92 Å². The van der Waals surface area contributed by atoms with Gasteiger partial charge in [0.2, 0.25) is 5.91 Å². The molecule has 1 aromatic rings. The number of urea groups is 1. The molecule has 2 aliphatic rings. The molecule has 1 aliphatic heterocycles. The molecular formula is C19H24N4O5. The zero-order valence-corrected chi connectivity index (χ0v) is 16.2. The van der Waals surface area contributed by atoms with Gasteiger partial charge in [-0.3, -0.25) is 24.6 Å². The molecular weight excluding hydrogens is 364 g/mol. The first-order valence-electron chi connectivity index (χ1n) is 9.36. The standard InChI is InChI=1S/C19H24N4O5/c1-11-7-8-14(23(27)28)16(13(11)3)20-15(24)10-22-17(25)19(21-18(22)26)9-5-4-6-12(19)2/h7-8,12H,4-6,9-10H2,1-3H3,(H,20,24)(H,21,26)/t12-,19-/m1/s1. The van der Waals surface area contributed by atoms with Crippen molar-refractivity contribution in [2.45, 2.75) is 52.0 Å². The van der Waals surface area contributed by atoms with Gasteiger partial charge in [-0.15, -0.1) is 0 Å². The number of amides is 4. The molecule has 150 valence electrons. The lowest BCUT2D eigenvalue weighted by Gasteiger charge is -2.36. The normalized spacial score (nSPS) is 24.4. The summed E-state index contributed by atoms with van der Waals surface area (Å²) >= 11 is 0. The minimum absolute atomic E-state index is 0.00846. The van der Waals surface area contributed by atoms with E-state index in [0.717, 1.165) is 29.7 Å². The highest BCUT2D eigenvalue weighted by atomic mass is 16.6. The molecule has 2 atom stereocenters. The van der Waals surface area contributed by atoms with E-state index in [-0.39, 0.29) is 17.3 Å². The van der Waals surface area contributed by atoms with Crippen LogP contribution in [-0.2, 0) is 9.59 Å². The average Bonchev–Trinajstić information content (AvgIpc) is 2.86. The fourth-order valence-corrected chi connectivity index (χ4v) is 4.07. The highest BCUT2D eigenvalue weighted by Gasteiger charge is 2.55. The van der Waals surface area contributed by atoms with Crippen molar-refractivity contribution < 1.29 is 19.3 Å². The van der Waals surface area contributed by atoms with Crippen molar-refractivity contribution in [3.63, 3.8) is 0 Å². The summed E-state index contributed by atoms with van der Waals surface area (Å²) in [6.45, 7) is 4.90. The third-order valence-electron chi connectivity index (χ3n) is 5.98. The number of nitro benzene ring substituents is 1. The Morgan fingerprint density at radius 2 is 2.07 bits per heavy atom. The molecule has 0 aromatic heterocycles. The van der Waals surface area contributed by atoms with Crippen LogP contribution in [0.25, 0.3) is 0 Å². The quantitative estimate of drug-likeness (QED) is 0.466. The van der Waals surface area contributed by atoms with Crippen molar-refractivity contribution in [3.05, 3.63) is 33.4 Å². The van der Waals surface area contributed by atoms with Crippen LogP contribution in [0.2, 0.25) is 0 Å². The third-order valence-corrected chi connectivity index (χ3v) is 5.98. The largest absolute Gasteiger partial charge is 0.325 e. The number of carbonyl (C=O) groups excluding carboxylic acids is 3. The number of hydrogen-bond acceptors (Lipinski definition) is 5. The summed E-state index contributed by atoms with van der Waals surface area (Å²) in [5.74, 6) is -1.05. The zero-order valence-electron chi connectivity index (χ0n) is 16.2. The fourth-order valence-electron chi connectivity index (χ4n) is 4.07. The molecule has 2 fully saturated rings. The van der Waals surface area contributed by atoms with Crippen LogP contribution in [0.3, 0.4) is 0 Å². The average molecular weight is 388 g/mol. The number of nitro groups is 1. The summed E-state index contributed by atoms with van der Waals surface area (Å²) in [4.78, 5) is 49.5. The molecule has 1 saturated carbocycles. The topological polar surface area (TPSA) is 122 Å². The van der Waals surface area contributed by atoms with Gasteiger partial charge >= 0.3 is 6.03 Å². The summed E-state index contributed by atoms with van der Waals surface area (Å²) in [6.07, 6.45) is 3.23. The number of aryl methyl sites for hydroxylation is 1. The number of imide groups is 1. The fraction of sp³-hybridized carbons (Fsp3) is 0.526. The van der Waals surface area contributed by atoms with E-state index >= 15 is 0 Å². The molecule has 4 amide bonds. The van der Waals surface area contributed by atoms with Crippen LogP contribution >= 0.6 is 0 Å². The lowest BCUT2D eigenvalue weighted by Crippen LogP contribution is -2.54. The van der Waals surface area contributed by atoms with Crippen LogP contribution in [0.1, 0.15) is 43.7 Å². The maximum absolute atomic E-state index is 12.9. The first kappa shape index (κ1) is 19.8. The smallest absolute Gasteiger partial charge is 0.323 e. The molecule has 9 nitrogen and oxygen atoms in total. The molecule has 0 unspecified atom stereocenters. The maximum Gasteiger partial charge on any atom is 0.325 e. The molecule has 9 heteroatoms. The van der Waals surface area contributed by atoms with Crippen LogP contribution in [0.15, 0.2) is 12.1 Å². The van der Waals surface area contributed by atoms with Gasteiger partial charge < -0.3 is 10.6 Å². The van der Waals surface area contributed by atoms with Crippen LogP contribution < -0.4 is 10.6 Å². The highest BCUT2D eigenvalue weighted by molar-refractivity contribution is 6.10. The van der Waals surface area contributed by atoms with Gasteiger partial charge in [-0.05, 0) is 43.7 Å². The van der Waals surface area contributed by atoms with E-state index in [4.69, 9.17) is 0 Å². The number of anilines is 1. The number of nitrogens with one attached hydrogen (secondary N) is 2. The number of rotatable bonds is 4. The van der Waals surface area contributed by atoms with Crippen molar-refractivity contribution in [1.29, 1.82) is 0 Å². The van der Waals surface area contributed by atoms with Gasteiger partial charge in [0.1, 0.15) is 17.8 Å². The van der Waals surface area contributed by atoms with Crippen molar-refractivity contribution in [1.82, 2.24) is 10.2 Å². The van der Waals surface area contributed by atoms with Gasteiger partial charge in [-0.25, -0.2) is 4.79 Å². The van der Waals surface area contributed by atoms with E-state index in [2.05, 4.69) is 10.6 Å². The predicted octanol–water partition coefficient (Wildman–Crippen LogP) is 2.65. The lowest BCUT2D eigenvalue weighted by atomic mass is 9.73. The summed E-state index contributed by atoms with van der Waals surface area (Å²) in [7, 11) is 0. The second kappa shape index (κ2) is 7.21. The molecule has 1 aromatic carbocycles. The van der Waals surface area contributed by atoms with Crippen molar-refractivity contribution in [2.75, 3.05) is 11.9 Å². The monoisotopic (exact) mass is 388 g/mol. The summed E-state index contributed by atoms with van der Waals surface area (Å²) in [5, 5.41) is 16.6. The predicted molar refractivity (Wildman–Crippen MR) is 102 cm³/mol. The Kier molecular flexibility index (Phi) is 5.10. The third kappa shape index (κ3) is 3.21. The number of nitrogens with zero attached hydrogens (tertiary/aromatic N) is 2. The number of benzene rings is 1. The highest BCUT2D eigenvalue weighted by Crippen LogP contribution is 2.38. The Morgan fingerprint density at radius 3 is 2.71 bits per heavy atom.